The molecule has 0 saturated heterocycles. The first-order valence-corrected chi connectivity index (χ1v) is 13.8. The molecule has 41 heavy (non-hydrogen) atoms. The highest BCUT2D eigenvalue weighted by Gasteiger charge is 2.31. The average Bonchev–Trinajstić information content (AvgIpc) is 2.94. The van der Waals surface area contributed by atoms with E-state index in [-0.39, 0.29) is 18.9 Å². The predicted octanol–water partition coefficient (Wildman–Crippen LogP) is 1.47. The summed E-state index contributed by atoms with van der Waals surface area (Å²) in [5, 5.41) is 29.9. The van der Waals surface area contributed by atoms with Crippen LogP contribution in [0.1, 0.15) is 51.2 Å². The Balaban J connectivity index is 2.02. The highest BCUT2D eigenvalue weighted by Crippen LogP contribution is 2.09. The van der Waals surface area contributed by atoms with E-state index in [1.54, 1.807) is 12.1 Å². The third kappa shape index (κ3) is 12.9. The number of hydrogen-bond donors (Lipinski definition) is 6. The summed E-state index contributed by atoms with van der Waals surface area (Å²) in [6.07, 6.45) is 0.553. The van der Waals surface area contributed by atoms with Crippen molar-refractivity contribution in [3.8, 4) is 0 Å². The standard InChI is InChI=1S/C29H41BN4O7/c1-4-11-23(32-26(35)18-31-29(38)41-19-22-14-9-6-10-15-22)27(36)33-24(17-21-12-7-5-8-13-21)28(37)34-25(30(39)40)16-20(2)3/h5-10,12-15,20,23-25,39-40H,4,11,16-19H2,1-3H3,(H,31,38)(H,32,35)(H,33,36)(H,34,37)/t23-,24-,25-/m0/s1. The molecule has 0 fully saturated rings. The maximum atomic E-state index is 13.3. The predicted molar refractivity (Wildman–Crippen MR) is 155 cm³/mol. The van der Waals surface area contributed by atoms with Gasteiger partial charge in [-0.25, -0.2) is 4.79 Å². The molecule has 2 aromatic carbocycles. The monoisotopic (exact) mass is 568 g/mol. The third-order valence-corrected chi connectivity index (χ3v) is 6.16. The molecular weight excluding hydrogens is 527 g/mol. The van der Waals surface area contributed by atoms with Gasteiger partial charge in [-0.2, -0.15) is 0 Å². The molecule has 12 heteroatoms. The normalized spacial score (nSPS) is 12.9. The van der Waals surface area contributed by atoms with Gasteiger partial charge < -0.3 is 36.1 Å². The Morgan fingerprint density at radius 1 is 0.829 bits per heavy atom. The van der Waals surface area contributed by atoms with Crippen molar-refractivity contribution in [1.29, 1.82) is 0 Å². The molecule has 6 N–H and O–H groups in total. The Hall–Kier alpha value is -3.90. The van der Waals surface area contributed by atoms with Crippen LogP contribution in [0.3, 0.4) is 0 Å². The summed E-state index contributed by atoms with van der Waals surface area (Å²) in [7, 11) is -1.77. The zero-order valence-corrected chi connectivity index (χ0v) is 23.8. The molecule has 2 rings (SSSR count). The molecular formula is C29H41BN4O7. The molecule has 3 atom stereocenters. The van der Waals surface area contributed by atoms with Crippen molar-refractivity contribution in [2.24, 2.45) is 5.92 Å². The van der Waals surface area contributed by atoms with E-state index in [0.717, 1.165) is 11.1 Å². The Morgan fingerprint density at radius 3 is 1.98 bits per heavy atom. The summed E-state index contributed by atoms with van der Waals surface area (Å²) in [6.45, 7) is 5.27. The van der Waals surface area contributed by atoms with Crippen LogP contribution in [0.2, 0.25) is 0 Å². The quantitative estimate of drug-likeness (QED) is 0.167. The van der Waals surface area contributed by atoms with Crippen molar-refractivity contribution in [1.82, 2.24) is 21.3 Å². The molecule has 11 nitrogen and oxygen atoms in total. The molecule has 0 unspecified atom stereocenters. The first kappa shape index (κ1) is 33.3. The van der Waals surface area contributed by atoms with E-state index in [0.29, 0.717) is 19.3 Å². The SMILES string of the molecule is CCC[C@H](NC(=O)CNC(=O)OCc1ccccc1)C(=O)N[C@@H](Cc1ccccc1)C(=O)N[C@@H](CC(C)C)B(O)O. The van der Waals surface area contributed by atoms with Gasteiger partial charge in [0.2, 0.25) is 17.7 Å². The van der Waals surface area contributed by atoms with Gasteiger partial charge in [0.25, 0.3) is 0 Å². The van der Waals surface area contributed by atoms with Crippen LogP contribution >= 0.6 is 0 Å². The van der Waals surface area contributed by atoms with Crippen molar-refractivity contribution in [2.45, 2.75) is 71.1 Å². The molecule has 0 aliphatic heterocycles. The molecule has 222 valence electrons. The molecule has 4 amide bonds. The molecule has 0 aliphatic rings. The number of rotatable bonds is 16. The van der Waals surface area contributed by atoms with Gasteiger partial charge in [-0.05, 0) is 29.9 Å². The minimum Gasteiger partial charge on any atom is -0.445 e. The van der Waals surface area contributed by atoms with Gasteiger partial charge in [0.05, 0.1) is 5.94 Å². The number of carbonyl (C=O) groups excluding carboxylic acids is 4. The lowest BCUT2D eigenvalue weighted by molar-refractivity contribution is -0.132. The van der Waals surface area contributed by atoms with Crippen LogP contribution in [0.4, 0.5) is 4.79 Å². The molecule has 0 radical (unpaired) electrons. The Kier molecular flexibility index (Phi) is 14.4. The second-order valence-electron chi connectivity index (χ2n) is 10.2. The topological polar surface area (TPSA) is 166 Å². The van der Waals surface area contributed by atoms with Crippen LogP contribution < -0.4 is 21.3 Å². The lowest BCUT2D eigenvalue weighted by Crippen LogP contribution is -2.58. The van der Waals surface area contributed by atoms with Gasteiger partial charge in [-0.1, -0.05) is 87.9 Å². The highest BCUT2D eigenvalue weighted by molar-refractivity contribution is 6.43. The van der Waals surface area contributed by atoms with Crippen molar-refractivity contribution in [3.05, 3.63) is 71.8 Å². The Morgan fingerprint density at radius 2 is 1.41 bits per heavy atom. The highest BCUT2D eigenvalue weighted by atomic mass is 16.5. The van der Waals surface area contributed by atoms with E-state index >= 15 is 0 Å². The second kappa shape index (κ2) is 17.7. The first-order chi connectivity index (χ1) is 19.6. The number of carbonyl (C=O) groups is 4. The molecule has 0 spiro atoms. The van der Waals surface area contributed by atoms with Crippen LogP contribution in [-0.2, 0) is 32.1 Å². The van der Waals surface area contributed by atoms with Crippen molar-refractivity contribution >= 4 is 30.9 Å². The molecule has 0 aliphatic carbocycles. The summed E-state index contributed by atoms with van der Waals surface area (Å²) in [6, 6.07) is 16.1. The number of amides is 4. The summed E-state index contributed by atoms with van der Waals surface area (Å²) in [5.41, 5.74) is 1.58. The minimum absolute atomic E-state index is 0.0470. The lowest BCUT2D eigenvalue weighted by Gasteiger charge is -2.26. The van der Waals surface area contributed by atoms with Crippen LogP contribution in [0, 0.1) is 5.92 Å². The van der Waals surface area contributed by atoms with Crippen molar-refractivity contribution in [3.63, 3.8) is 0 Å². The minimum atomic E-state index is -1.77. The Bertz CT molecular complexity index is 1100. The first-order valence-electron chi connectivity index (χ1n) is 13.8. The summed E-state index contributed by atoms with van der Waals surface area (Å²) >= 11 is 0. The number of benzene rings is 2. The average molecular weight is 568 g/mol. The summed E-state index contributed by atoms with van der Waals surface area (Å²) in [5.74, 6) is -2.59. The van der Waals surface area contributed by atoms with Gasteiger partial charge in [0, 0.05) is 6.42 Å². The maximum absolute atomic E-state index is 13.3. The van der Waals surface area contributed by atoms with E-state index < -0.39 is 55.5 Å². The van der Waals surface area contributed by atoms with E-state index in [4.69, 9.17) is 4.74 Å². The maximum Gasteiger partial charge on any atom is 0.475 e. The van der Waals surface area contributed by atoms with Gasteiger partial charge >= 0.3 is 13.2 Å². The fraction of sp³-hybridized carbons (Fsp3) is 0.448. The number of ether oxygens (including phenoxy) is 1. The van der Waals surface area contributed by atoms with Gasteiger partial charge in [0.15, 0.2) is 0 Å². The van der Waals surface area contributed by atoms with E-state index in [1.807, 2.05) is 69.3 Å². The zero-order chi connectivity index (χ0) is 30.2. The van der Waals surface area contributed by atoms with Crippen LogP contribution in [-0.4, -0.2) is 65.6 Å². The number of alkyl carbamates (subject to hydrolysis) is 1. The van der Waals surface area contributed by atoms with E-state index in [9.17, 15) is 29.2 Å². The zero-order valence-electron chi connectivity index (χ0n) is 23.8. The molecule has 0 heterocycles. The molecule has 0 bridgehead atoms. The van der Waals surface area contributed by atoms with Crippen molar-refractivity contribution < 1.29 is 34.0 Å². The van der Waals surface area contributed by atoms with Crippen LogP contribution in [0.25, 0.3) is 0 Å². The Labute approximate surface area is 241 Å². The molecule has 2 aromatic rings. The summed E-state index contributed by atoms with van der Waals surface area (Å²) < 4.78 is 5.10. The van der Waals surface area contributed by atoms with Crippen LogP contribution in [0.5, 0.6) is 0 Å². The fourth-order valence-electron chi connectivity index (χ4n) is 4.11. The lowest BCUT2D eigenvalue weighted by atomic mass is 9.75. The second-order valence-corrected chi connectivity index (χ2v) is 10.2. The van der Waals surface area contributed by atoms with Crippen LogP contribution in [0.15, 0.2) is 60.7 Å². The van der Waals surface area contributed by atoms with Gasteiger partial charge in [-0.15, -0.1) is 0 Å². The smallest absolute Gasteiger partial charge is 0.445 e. The largest absolute Gasteiger partial charge is 0.475 e. The fourth-order valence-corrected chi connectivity index (χ4v) is 4.11. The third-order valence-electron chi connectivity index (χ3n) is 6.16. The molecule has 0 aromatic heterocycles. The molecule has 0 saturated carbocycles. The van der Waals surface area contributed by atoms with E-state index in [2.05, 4.69) is 21.3 Å². The number of nitrogens with one attached hydrogen (secondary N) is 4. The number of hydrogen-bond acceptors (Lipinski definition) is 7. The summed E-state index contributed by atoms with van der Waals surface area (Å²) in [4.78, 5) is 51.0. The van der Waals surface area contributed by atoms with Crippen molar-refractivity contribution in [2.75, 3.05) is 6.54 Å². The van der Waals surface area contributed by atoms with Gasteiger partial charge in [-0.3, -0.25) is 14.4 Å². The van der Waals surface area contributed by atoms with E-state index in [1.165, 1.54) is 0 Å². The van der Waals surface area contributed by atoms with Gasteiger partial charge in [0.1, 0.15) is 25.2 Å².